The van der Waals surface area contributed by atoms with Gasteiger partial charge in [-0.15, -0.1) is 0 Å². The summed E-state index contributed by atoms with van der Waals surface area (Å²) in [6.45, 7) is 8.63. The Morgan fingerprint density at radius 1 is 1.10 bits per heavy atom. The molecule has 0 saturated heterocycles. The Morgan fingerprint density at radius 3 is 2.34 bits per heavy atom. The Bertz CT molecular complexity index is 1050. The third kappa shape index (κ3) is 7.83. The van der Waals surface area contributed by atoms with Crippen LogP contribution in [0.1, 0.15) is 85.5 Å². The van der Waals surface area contributed by atoms with Crippen LogP contribution in [0.2, 0.25) is 0 Å². The molecule has 0 spiro atoms. The Morgan fingerprint density at radius 2 is 1.76 bits per heavy atom. The SMILES string of the molecule is CC(C)CO/C(N/C=C/C(C)(C)NC(=O)C1CCCC1)=C(/C=[N-])C(=O)NCC1C2CC3CC1CC(OC(N)=O)(C3)C2. The number of amides is 3. The number of nitrogens with zero attached hydrogens (tertiary/aromatic N) is 1. The third-order valence-electron chi connectivity index (χ3n) is 9.29. The summed E-state index contributed by atoms with van der Waals surface area (Å²) >= 11 is 0. The summed E-state index contributed by atoms with van der Waals surface area (Å²) in [6.07, 6.45) is 12.1. The van der Waals surface area contributed by atoms with Gasteiger partial charge in [-0.1, -0.05) is 26.7 Å². The number of carbonyl (C=O) groups is 3. The van der Waals surface area contributed by atoms with E-state index in [4.69, 9.17) is 15.2 Å². The number of primary amides is 1. The second kappa shape index (κ2) is 12.9. The zero-order chi connectivity index (χ0) is 29.8. The van der Waals surface area contributed by atoms with Gasteiger partial charge in [-0.25, -0.2) is 4.79 Å². The molecular formula is C31H48N5O5-. The van der Waals surface area contributed by atoms with Gasteiger partial charge in [0.05, 0.1) is 17.7 Å². The van der Waals surface area contributed by atoms with Crippen LogP contribution in [0.15, 0.2) is 23.7 Å². The number of ether oxygens (including phenoxy) is 2. The van der Waals surface area contributed by atoms with Crippen molar-refractivity contribution in [3.05, 3.63) is 29.1 Å². The minimum Gasteiger partial charge on any atom is -0.810 e. The predicted octanol–water partition coefficient (Wildman–Crippen LogP) is 4.11. The van der Waals surface area contributed by atoms with Gasteiger partial charge in [-0.05, 0) is 94.5 Å². The van der Waals surface area contributed by atoms with Crippen molar-refractivity contribution in [2.75, 3.05) is 13.2 Å². The maximum absolute atomic E-state index is 13.3. The summed E-state index contributed by atoms with van der Waals surface area (Å²) < 4.78 is 11.5. The van der Waals surface area contributed by atoms with E-state index in [1.165, 1.54) is 0 Å². The molecule has 10 heteroatoms. The molecule has 0 heterocycles. The number of nitrogens with one attached hydrogen (secondary N) is 3. The van der Waals surface area contributed by atoms with E-state index >= 15 is 0 Å². The van der Waals surface area contributed by atoms with Crippen LogP contribution in [0.4, 0.5) is 4.79 Å². The number of rotatable bonds is 13. The molecule has 4 bridgehead atoms. The molecule has 0 aliphatic heterocycles. The summed E-state index contributed by atoms with van der Waals surface area (Å²) in [5, 5.41) is 19.2. The standard InChI is InChI=1S/C31H48N5O5/c1-19(2)18-40-28(34-10-9-30(3,4)36-26(37)21-7-5-6-8-21)24(16-32)27(38)35-17-25-22-11-20-12-23(25)15-31(13-20,14-22)41-29(33)39/h9-10,16,19-23,25,34H,5-8,11-15,17-18H2,1-4H3,(H2,33,39)(H,35,38)(H,36,37)/q-1/b10-9+,28-24-. The fraction of sp³-hybridized carbons (Fsp3) is 0.742. The molecule has 3 amide bonds. The lowest BCUT2D eigenvalue weighted by Crippen LogP contribution is -2.58. The quantitative estimate of drug-likeness (QED) is 0.148. The van der Waals surface area contributed by atoms with Crippen molar-refractivity contribution in [3.8, 4) is 0 Å². The van der Waals surface area contributed by atoms with Gasteiger partial charge in [-0.2, -0.15) is 6.21 Å². The van der Waals surface area contributed by atoms with Crippen molar-refractivity contribution in [1.82, 2.24) is 16.0 Å². The molecule has 2 unspecified atom stereocenters. The molecule has 10 nitrogen and oxygen atoms in total. The van der Waals surface area contributed by atoms with E-state index in [0.29, 0.717) is 30.9 Å². The summed E-state index contributed by atoms with van der Waals surface area (Å²) in [7, 11) is 0. The molecule has 5 saturated carbocycles. The lowest BCUT2D eigenvalue weighted by Gasteiger charge is -2.59. The smallest absolute Gasteiger partial charge is 0.405 e. The fourth-order valence-electron chi connectivity index (χ4n) is 7.67. The first-order chi connectivity index (χ1) is 19.4. The van der Waals surface area contributed by atoms with E-state index in [2.05, 4.69) is 16.0 Å². The van der Waals surface area contributed by atoms with E-state index in [0.717, 1.165) is 64.0 Å². The minimum atomic E-state index is -0.708. The van der Waals surface area contributed by atoms with Crippen molar-refractivity contribution in [3.63, 3.8) is 0 Å². The molecule has 5 aliphatic carbocycles. The van der Waals surface area contributed by atoms with Gasteiger partial charge in [-0.3, -0.25) is 9.59 Å². The highest BCUT2D eigenvalue weighted by Gasteiger charge is 2.57. The van der Waals surface area contributed by atoms with E-state index in [1.54, 1.807) is 6.20 Å². The van der Waals surface area contributed by atoms with Gasteiger partial charge in [0.25, 0.3) is 5.91 Å². The summed E-state index contributed by atoms with van der Waals surface area (Å²) in [4.78, 5) is 37.5. The molecule has 0 aromatic heterocycles. The molecular weight excluding hydrogens is 522 g/mol. The first-order valence-electron chi connectivity index (χ1n) is 15.3. The molecule has 228 valence electrons. The number of hydrogen-bond acceptors (Lipinski definition) is 6. The second-order valence-electron chi connectivity index (χ2n) is 13.7. The molecule has 5 N–H and O–H groups in total. The molecule has 5 aliphatic rings. The Labute approximate surface area is 244 Å². The topological polar surface area (TPSA) is 154 Å². The van der Waals surface area contributed by atoms with Gasteiger partial charge in [0.1, 0.15) is 5.60 Å². The van der Waals surface area contributed by atoms with Crippen molar-refractivity contribution in [2.45, 2.75) is 96.6 Å². The van der Waals surface area contributed by atoms with Gasteiger partial charge >= 0.3 is 6.09 Å². The Balaban J connectivity index is 1.39. The number of carbonyl (C=O) groups excluding carboxylic acids is 3. The third-order valence-corrected chi connectivity index (χ3v) is 9.29. The van der Waals surface area contributed by atoms with Crippen molar-refractivity contribution < 1.29 is 23.9 Å². The molecule has 0 radical (unpaired) electrons. The fourth-order valence-corrected chi connectivity index (χ4v) is 7.67. The zero-order valence-electron chi connectivity index (χ0n) is 25.0. The maximum Gasteiger partial charge on any atom is 0.405 e. The molecule has 2 atom stereocenters. The largest absolute Gasteiger partial charge is 0.810 e. The summed E-state index contributed by atoms with van der Waals surface area (Å²) in [5.74, 6) is 1.54. The monoisotopic (exact) mass is 570 g/mol. The first kappa shape index (κ1) is 30.9. The van der Waals surface area contributed by atoms with Crippen LogP contribution in [0.25, 0.3) is 5.41 Å². The van der Waals surface area contributed by atoms with Crippen molar-refractivity contribution in [2.24, 2.45) is 41.2 Å². The molecule has 0 aromatic carbocycles. The molecule has 5 fully saturated rings. The first-order valence-corrected chi connectivity index (χ1v) is 15.3. The lowest BCUT2D eigenvalue weighted by atomic mass is 9.50. The lowest BCUT2D eigenvalue weighted by molar-refractivity contribution is -0.151. The number of hydrogen-bond donors (Lipinski definition) is 4. The highest BCUT2D eigenvalue weighted by molar-refractivity contribution is 6.13. The maximum atomic E-state index is 13.3. The van der Waals surface area contributed by atoms with Gasteiger partial charge in [0.15, 0.2) is 0 Å². The van der Waals surface area contributed by atoms with Crippen LogP contribution in [-0.4, -0.2) is 48.4 Å². The molecule has 41 heavy (non-hydrogen) atoms. The van der Waals surface area contributed by atoms with Crippen molar-refractivity contribution in [1.29, 1.82) is 0 Å². The second-order valence-corrected chi connectivity index (χ2v) is 13.7. The average molecular weight is 571 g/mol. The van der Waals surface area contributed by atoms with Crippen LogP contribution >= 0.6 is 0 Å². The Kier molecular flexibility index (Phi) is 9.70. The highest BCUT2D eigenvalue weighted by Crippen LogP contribution is 2.59. The number of nitrogens with two attached hydrogens (primary N) is 1. The zero-order valence-corrected chi connectivity index (χ0v) is 25.0. The highest BCUT2D eigenvalue weighted by atomic mass is 16.6. The normalized spacial score (nSPS) is 29.8. The van der Waals surface area contributed by atoms with E-state index in [9.17, 15) is 19.8 Å². The van der Waals surface area contributed by atoms with E-state index < -0.39 is 23.1 Å². The minimum absolute atomic E-state index is 0.000412. The van der Waals surface area contributed by atoms with Crippen LogP contribution in [0.3, 0.4) is 0 Å². The molecule has 5 rings (SSSR count). The molecule has 0 aromatic rings. The van der Waals surface area contributed by atoms with Crippen molar-refractivity contribution >= 4 is 24.1 Å². The summed E-state index contributed by atoms with van der Waals surface area (Å²) in [5.41, 5.74) is 4.31. The predicted molar refractivity (Wildman–Crippen MR) is 157 cm³/mol. The Hall–Kier alpha value is -3.04. The van der Waals surface area contributed by atoms with E-state index in [-0.39, 0.29) is 35.1 Å². The van der Waals surface area contributed by atoms with Gasteiger partial charge in [0.2, 0.25) is 11.8 Å². The van der Waals surface area contributed by atoms with Gasteiger partial charge < -0.3 is 36.6 Å². The van der Waals surface area contributed by atoms with Crippen LogP contribution < -0.4 is 21.7 Å². The van der Waals surface area contributed by atoms with Gasteiger partial charge in [0, 0.05) is 18.7 Å². The average Bonchev–Trinajstić information content (AvgIpc) is 3.41. The van der Waals surface area contributed by atoms with Crippen LogP contribution in [0.5, 0.6) is 0 Å². The van der Waals surface area contributed by atoms with Crippen LogP contribution in [0, 0.1) is 35.5 Å². The van der Waals surface area contributed by atoms with E-state index in [1.807, 2.05) is 33.8 Å². The summed E-state index contributed by atoms with van der Waals surface area (Å²) in [6, 6.07) is 0. The van der Waals surface area contributed by atoms with Crippen LogP contribution in [-0.2, 0) is 19.1 Å².